The number of hydrogen-bond acceptors (Lipinski definition) is 5. The van der Waals surface area contributed by atoms with Crippen molar-refractivity contribution in [2.75, 3.05) is 6.61 Å². The van der Waals surface area contributed by atoms with Gasteiger partial charge in [-0.25, -0.2) is 9.78 Å². The van der Waals surface area contributed by atoms with E-state index >= 15 is 0 Å². The van der Waals surface area contributed by atoms with Gasteiger partial charge in [0.2, 0.25) is 0 Å². The number of rotatable bonds is 5. The Morgan fingerprint density at radius 1 is 1.11 bits per heavy atom. The van der Waals surface area contributed by atoms with Crippen molar-refractivity contribution >= 4 is 11.6 Å². The van der Waals surface area contributed by atoms with Gasteiger partial charge >= 0.3 is 5.97 Å². The highest BCUT2D eigenvalue weighted by molar-refractivity contribution is 5.71. The Kier molecular flexibility index (Phi) is 5.49. The van der Waals surface area contributed by atoms with Crippen LogP contribution in [0.1, 0.15) is 37.7 Å². The van der Waals surface area contributed by atoms with Gasteiger partial charge in [0, 0.05) is 11.8 Å². The maximum Gasteiger partial charge on any atom is 0.344 e. The largest absolute Gasteiger partial charge is 0.482 e. The first-order chi connectivity index (χ1) is 13.3. The number of esters is 1. The highest BCUT2D eigenvalue weighted by Crippen LogP contribution is 2.30. The summed E-state index contributed by atoms with van der Waals surface area (Å²) in [6.45, 7) is 7.79. The maximum absolute atomic E-state index is 12.3. The molecule has 0 aliphatic heterocycles. The minimum absolute atomic E-state index is 0.0806. The van der Waals surface area contributed by atoms with Gasteiger partial charge in [-0.05, 0) is 36.1 Å². The van der Waals surface area contributed by atoms with Crippen molar-refractivity contribution in [3.8, 4) is 5.75 Å². The van der Waals surface area contributed by atoms with E-state index in [1.807, 2.05) is 43.3 Å². The van der Waals surface area contributed by atoms with Crippen molar-refractivity contribution in [3.63, 3.8) is 0 Å². The third-order valence-corrected chi connectivity index (χ3v) is 4.35. The molecule has 3 rings (SSSR count). The van der Waals surface area contributed by atoms with E-state index in [0.717, 1.165) is 11.3 Å². The van der Waals surface area contributed by atoms with Crippen LogP contribution in [0.25, 0.3) is 5.65 Å². The molecule has 0 saturated carbocycles. The number of pyridine rings is 1. The molecule has 3 aromatic rings. The summed E-state index contributed by atoms with van der Waals surface area (Å²) >= 11 is 0. The number of aryl methyl sites for hydroxylation is 1. The smallest absolute Gasteiger partial charge is 0.344 e. The molecule has 2 heterocycles. The summed E-state index contributed by atoms with van der Waals surface area (Å²) in [5.74, 6) is 0.138. The zero-order valence-electron chi connectivity index (χ0n) is 16.6. The second-order valence-corrected chi connectivity index (χ2v) is 7.64. The van der Waals surface area contributed by atoms with Gasteiger partial charge in [-0.1, -0.05) is 45.0 Å². The van der Waals surface area contributed by atoms with Gasteiger partial charge in [-0.2, -0.15) is 0 Å². The molecular formula is C22H24N2O4. The normalized spacial score (nSPS) is 11.4. The van der Waals surface area contributed by atoms with Crippen molar-refractivity contribution in [2.24, 2.45) is 0 Å². The van der Waals surface area contributed by atoms with Crippen LogP contribution < -0.4 is 10.3 Å². The number of fused-ring (bicyclic) bond motifs is 1. The lowest BCUT2D eigenvalue weighted by molar-refractivity contribution is -0.147. The quantitative estimate of drug-likeness (QED) is 0.635. The molecular weight excluding hydrogens is 356 g/mol. The van der Waals surface area contributed by atoms with Crippen molar-refractivity contribution in [2.45, 2.75) is 39.7 Å². The molecule has 0 bridgehead atoms. The first-order valence-corrected chi connectivity index (χ1v) is 9.12. The molecule has 0 unspecified atom stereocenters. The fourth-order valence-corrected chi connectivity index (χ4v) is 2.98. The van der Waals surface area contributed by atoms with Crippen LogP contribution in [0, 0.1) is 6.92 Å². The number of carbonyl (C=O) groups excluding carboxylic acids is 1. The number of hydrogen-bond donors (Lipinski definition) is 0. The minimum Gasteiger partial charge on any atom is -0.482 e. The second kappa shape index (κ2) is 7.84. The number of benzene rings is 1. The van der Waals surface area contributed by atoms with Crippen LogP contribution >= 0.6 is 0 Å². The lowest BCUT2D eigenvalue weighted by atomic mass is 9.86. The molecule has 0 fully saturated rings. The summed E-state index contributed by atoms with van der Waals surface area (Å²) < 4.78 is 12.4. The second-order valence-electron chi connectivity index (χ2n) is 7.64. The lowest BCUT2D eigenvalue weighted by Crippen LogP contribution is -2.20. The van der Waals surface area contributed by atoms with E-state index in [2.05, 4.69) is 25.8 Å². The molecule has 6 heteroatoms. The monoisotopic (exact) mass is 380 g/mol. The molecule has 1 aromatic carbocycles. The molecule has 146 valence electrons. The molecule has 0 radical (unpaired) electrons. The van der Waals surface area contributed by atoms with Crippen molar-refractivity contribution in [1.29, 1.82) is 0 Å². The standard InChI is InChI=1S/C22H24N2O4/c1-15-8-7-11-19-23-16(12-20(25)24(15)19)13-28-21(26)14-27-18-10-6-5-9-17(18)22(2,3)4/h5-12H,13-14H2,1-4H3. The molecule has 0 amide bonds. The summed E-state index contributed by atoms with van der Waals surface area (Å²) in [6.07, 6.45) is 0. The van der Waals surface area contributed by atoms with Crippen molar-refractivity contribution < 1.29 is 14.3 Å². The van der Waals surface area contributed by atoms with Crippen LogP contribution in [-0.4, -0.2) is 22.0 Å². The van der Waals surface area contributed by atoms with Crippen LogP contribution in [0.3, 0.4) is 0 Å². The van der Waals surface area contributed by atoms with Gasteiger partial charge in [0.25, 0.3) is 5.56 Å². The van der Waals surface area contributed by atoms with E-state index in [0.29, 0.717) is 17.1 Å². The Labute approximate surface area is 163 Å². The average molecular weight is 380 g/mol. The molecule has 0 N–H and O–H groups in total. The van der Waals surface area contributed by atoms with Crippen LogP contribution in [-0.2, 0) is 21.6 Å². The highest BCUT2D eigenvalue weighted by atomic mass is 16.6. The van der Waals surface area contributed by atoms with E-state index < -0.39 is 5.97 Å². The Hall–Kier alpha value is -3.15. The number of para-hydroxylation sites is 1. The van der Waals surface area contributed by atoms with Crippen LogP contribution in [0.15, 0.2) is 53.3 Å². The summed E-state index contributed by atoms with van der Waals surface area (Å²) in [5, 5.41) is 0. The molecule has 0 aliphatic rings. The molecule has 0 saturated heterocycles. The van der Waals surface area contributed by atoms with Gasteiger partial charge in [0.05, 0.1) is 5.69 Å². The van der Waals surface area contributed by atoms with E-state index in [4.69, 9.17) is 9.47 Å². The van der Waals surface area contributed by atoms with E-state index in [9.17, 15) is 9.59 Å². The van der Waals surface area contributed by atoms with Gasteiger partial charge in [-0.15, -0.1) is 0 Å². The first-order valence-electron chi connectivity index (χ1n) is 9.12. The molecule has 28 heavy (non-hydrogen) atoms. The summed E-state index contributed by atoms with van der Waals surface area (Å²) in [7, 11) is 0. The predicted octanol–water partition coefficient (Wildman–Crippen LogP) is 3.42. The number of carbonyl (C=O) groups is 1. The van der Waals surface area contributed by atoms with Crippen molar-refractivity contribution in [1.82, 2.24) is 9.38 Å². The lowest BCUT2D eigenvalue weighted by Gasteiger charge is -2.22. The van der Waals surface area contributed by atoms with E-state index in [-0.39, 0.29) is 24.2 Å². The fraction of sp³-hybridized carbons (Fsp3) is 0.318. The number of nitrogens with zero attached hydrogens (tertiary/aromatic N) is 2. The topological polar surface area (TPSA) is 69.9 Å². The predicted molar refractivity (Wildman–Crippen MR) is 107 cm³/mol. The maximum atomic E-state index is 12.3. The van der Waals surface area contributed by atoms with Gasteiger partial charge in [0.1, 0.15) is 18.0 Å². The summed E-state index contributed by atoms with van der Waals surface area (Å²) in [4.78, 5) is 28.7. The molecule has 0 aliphatic carbocycles. The summed E-state index contributed by atoms with van der Waals surface area (Å²) in [6, 6.07) is 14.4. The average Bonchev–Trinajstić information content (AvgIpc) is 2.64. The molecule has 0 spiro atoms. The number of ether oxygens (including phenoxy) is 2. The van der Waals surface area contributed by atoms with Crippen molar-refractivity contribution in [3.05, 3.63) is 75.8 Å². The summed E-state index contributed by atoms with van der Waals surface area (Å²) in [5.41, 5.74) is 2.43. The van der Waals surface area contributed by atoms with Gasteiger partial charge < -0.3 is 9.47 Å². The zero-order chi connectivity index (χ0) is 20.3. The van der Waals surface area contributed by atoms with Crippen LogP contribution in [0.4, 0.5) is 0 Å². The van der Waals surface area contributed by atoms with Gasteiger partial charge in [-0.3, -0.25) is 9.20 Å². The highest BCUT2D eigenvalue weighted by Gasteiger charge is 2.19. The first kappa shape index (κ1) is 19.6. The molecule has 2 aromatic heterocycles. The van der Waals surface area contributed by atoms with Crippen LogP contribution in [0.2, 0.25) is 0 Å². The van der Waals surface area contributed by atoms with E-state index in [1.165, 1.54) is 10.5 Å². The fourth-order valence-electron chi connectivity index (χ4n) is 2.98. The number of aromatic nitrogens is 2. The van der Waals surface area contributed by atoms with Gasteiger partial charge in [0.15, 0.2) is 6.61 Å². The third-order valence-electron chi connectivity index (χ3n) is 4.35. The Balaban J connectivity index is 1.64. The Morgan fingerprint density at radius 2 is 1.86 bits per heavy atom. The molecule has 0 atom stereocenters. The zero-order valence-corrected chi connectivity index (χ0v) is 16.6. The minimum atomic E-state index is -0.519. The third kappa shape index (κ3) is 4.39. The Morgan fingerprint density at radius 3 is 2.61 bits per heavy atom. The Bertz CT molecular complexity index is 1060. The molecule has 6 nitrogen and oxygen atoms in total. The SMILES string of the molecule is Cc1cccc2nc(COC(=O)COc3ccccc3C(C)(C)C)cc(=O)n12. The van der Waals surface area contributed by atoms with Crippen LogP contribution in [0.5, 0.6) is 5.75 Å². The van der Waals surface area contributed by atoms with E-state index in [1.54, 1.807) is 6.07 Å².